The van der Waals surface area contributed by atoms with Crippen molar-refractivity contribution in [1.29, 1.82) is 0 Å². The number of esters is 1. The Balaban J connectivity index is 1.63. The van der Waals surface area contributed by atoms with Crippen molar-refractivity contribution in [1.82, 2.24) is 0 Å². The van der Waals surface area contributed by atoms with E-state index in [1.54, 1.807) is 25.1 Å². The Labute approximate surface area is 151 Å². The zero-order valence-electron chi connectivity index (χ0n) is 14.3. The molecule has 0 saturated heterocycles. The zero-order valence-corrected chi connectivity index (χ0v) is 15.2. The molecule has 1 aromatic heterocycles. The average Bonchev–Trinajstić information content (AvgIpc) is 3.06. The highest BCUT2D eigenvalue weighted by Gasteiger charge is 2.23. The number of hydrogen-bond donors (Lipinski definition) is 1. The molecule has 0 radical (unpaired) electrons. The number of benzene rings is 1. The number of carbonyl (C=O) groups is 2. The van der Waals surface area contributed by atoms with Crippen molar-refractivity contribution in [2.75, 3.05) is 12.4 Å². The van der Waals surface area contributed by atoms with Crippen molar-refractivity contribution in [2.24, 2.45) is 0 Å². The Bertz CT molecular complexity index is 760. The van der Waals surface area contributed by atoms with Crippen LogP contribution in [0.4, 0.5) is 5.69 Å². The van der Waals surface area contributed by atoms with Crippen LogP contribution in [0.5, 0.6) is 5.75 Å². The lowest BCUT2D eigenvalue weighted by Gasteiger charge is -2.14. The minimum atomic E-state index is -0.892. The lowest BCUT2D eigenvalue weighted by Crippen LogP contribution is -2.29. The van der Waals surface area contributed by atoms with E-state index in [2.05, 4.69) is 5.32 Å². The Morgan fingerprint density at radius 1 is 1.20 bits per heavy atom. The van der Waals surface area contributed by atoms with Crippen molar-refractivity contribution in [3.8, 4) is 5.75 Å². The summed E-state index contributed by atoms with van der Waals surface area (Å²) >= 11 is 1.48. The molecule has 1 atom stereocenters. The molecule has 132 valence electrons. The molecular weight excluding hydrogens is 338 g/mol. The predicted octanol–water partition coefficient (Wildman–Crippen LogP) is 3.82. The Kier molecular flexibility index (Phi) is 5.38. The molecule has 2 aromatic rings. The fraction of sp³-hybridized carbons (Fsp3) is 0.368. The molecule has 0 saturated carbocycles. The fourth-order valence-corrected chi connectivity index (χ4v) is 3.98. The van der Waals surface area contributed by atoms with E-state index in [-0.39, 0.29) is 5.91 Å². The van der Waals surface area contributed by atoms with Crippen molar-refractivity contribution in [2.45, 2.75) is 38.7 Å². The largest absolute Gasteiger partial charge is 0.495 e. The highest BCUT2D eigenvalue weighted by Crippen LogP contribution is 2.30. The van der Waals surface area contributed by atoms with E-state index < -0.39 is 12.1 Å². The molecule has 5 nitrogen and oxygen atoms in total. The summed E-state index contributed by atoms with van der Waals surface area (Å²) in [5.74, 6) is -0.276. The minimum Gasteiger partial charge on any atom is -0.495 e. The van der Waals surface area contributed by atoms with E-state index in [0.717, 1.165) is 19.3 Å². The van der Waals surface area contributed by atoms with E-state index in [0.29, 0.717) is 16.3 Å². The molecule has 6 heteroatoms. The van der Waals surface area contributed by atoms with Crippen LogP contribution in [0.3, 0.4) is 0 Å². The minimum absolute atomic E-state index is 0.390. The first-order valence-corrected chi connectivity index (χ1v) is 9.16. The number of carbonyl (C=O) groups excluding carboxylic acids is 2. The summed E-state index contributed by atoms with van der Waals surface area (Å²) in [6.07, 6.45) is 3.48. The summed E-state index contributed by atoms with van der Waals surface area (Å²) in [7, 11) is 1.53. The molecule has 1 amide bonds. The molecule has 1 heterocycles. The number of rotatable bonds is 5. The van der Waals surface area contributed by atoms with Crippen molar-refractivity contribution in [3.63, 3.8) is 0 Å². The van der Waals surface area contributed by atoms with Crippen molar-refractivity contribution < 1.29 is 19.1 Å². The maximum absolute atomic E-state index is 12.3. The molecule has 0 unspecified atom stereocenters. The van der Waals surface area contributed by atoms with Crippen LogP contribution in [0.15, 0.2) is 30.3 Å². The van der Waals surface area contributed by atoms with Gasteiger partial charge < -0.3 is 14.8 Å². The molecule has 1 aromatic carbocycles. The summed E-state index contributed by atoms with van der Waals surface area (Å²) in [5, 5.41) is 2.73. The fourth-order valence-electron chi connectivity index (χ4n) is 2.85. The number of aryl methyl sites for hydroxylation is 2. The quantitative estimate of drug-likeness (QED) is 0.824. The second kappa shape index (κ2) is 7.70. The average molecular weight is 359 g/mol. The van der Waals surface area contributed by atoms with Gasteiger partial charge in [-0.3, -0.25) is 4.79 Å². The number of fused-ring (bicyclic) bond motifs is 1. The number of nitrogens with one attached hydrogen (secondary N) is 1. The molecule has 3 rings (SSSR count). The Morgan fingerprint density at radius 2 is 1.96 bits per heavy atom. The van der Waals surface area contributed by atoms with Crippen molar-refractivity contribution in [3.05, 3.63) is 45.6 Å². The summed E-state index contributed by atoms with van der Waals surface area (Å²) in [5.41, 5.74) is 1.79. The van der Waals surface area contributed by atoms with Crippen LogP contribution >= 0.6 is 11.3 Å². The first-order valence-electron chi connectivity index (χ1n) is 8.35. The molecule has 0 spiro atoms. The van der Waals surface area contributed by atoms with Gasteiger partial charge in [0.1, 0.15) is 10.6 Å². The van der Waals surface area contributed by atoms with Gasteiger partial charge in [-0.1, -0.05) is 12.1 Å². The third kappa shape index (κ3) is 4.02. The van der Waals surface area contributed by atoms with Gasteiger partial charge in [-0.25, -0.2) is 4.79 Å². The molecule has 1 N–H and O–H groups in total. The lowest BCUT2D eigenvalue weighted by molar-refractivity contribution is -0.123. The van der Waals surface area contributed by atoms with Gasteiger partial charge in [0.05, 0.1) is 12.8 Å². The zero-order chi connectivity index (χ0) is 17.8. The molecule has 0 bridgehead atoms. The number of methoxy groups -OCH3 is 1. The van der Waals surface area contributed by atoms with Gasteiger partial charge in [0.15, 0.2) is 6.10 Å². The Hall–Kier alpha value is -2.34. The van der Waals surface area contributed by atoms with Gasteiger partial charge in [-0.15, -0.1) is 11.3 Å². The van der Waals surface area contributed by atoms with Crippen LogP contribution in [-0.2, 0) is 22.4 Å². The van der Waals surface area contributed by atoms with E-state index in [4.69, 9.17) is 9.47 Å². The van der Waals surface area contributed by atoms with Crippen LogP contribution in [0.1, 0.15) is 39.9 Å². The number of para-hydroxylation sites is 2. The van der Waals surface area contributed by atoms with Gasteiger partial charge in [0.2, 0.25) is 0 Å². The second-order valence-electron chi connectivity index (χ2n) is 6.00. The van der Waals surface area contributed by atoms with E-state index in [1.807, 2.05) is 12.1 Å². The van der Waals surface area contributed by atoms with Crippen LogP contribution in [0.25, 0.3) is 0 Å². The maximum Gasteiger partial charge on any atom is 0.349 e. The molecule has 0 aliphatic heterocycles. The third-order valence-electron chi connectivity index (χ3n) is 4.22. The summed E-state index contributed by atoms with van der Waals surface area (Å²) in [6.45, 7) is 1.57. The first-order chi connectivity index (χ1) is 12.1. The highest BCUT2D eigenvalue weighted by atomic mass is 32.1. The first kappa shape index (κ1) is 17.5. The van der Waals surface area contributed by atoms with Gasteiger partial charge in [-0.05, 0) is 56.4 Å². The van der Waals surface area contributed by atoms with E-state index >= 15 is 0 Å². The SMILES string of the molecule is COc1ccccc1NC(=O)[C@@H](C)OC(=O)c1cc2c(s1)CCCC2. The number of thiophene rings is 1. The van der Waals surface area contributed by atoms with Gasteiger partial charge in [-0.2, -0.15) is 0 Å². The smallest absolute Gasteiger partial charge is 0.349 e. The molecule has 0 fully saturated rings. The van der Waals surface area contributed by atoms with E-state index in [1.165, 1.54) is 35.3 Å². The van der Waals surface area contributed by atoms with Gasteiger partial charge in [0.25, 0.3) is 5.91 Å². The maximum atomic E-state index is 12.3. The summed E-state index contributed by atoms with van der Waals surface area (Å²) in [4.78, 5) is 26.5. The number of ether oxygens (including phenoxy) is 2. The van der Waals surface area contributed by atoms with Crippen LogP contribution in [0.2, 0.25) is 0 Å². The number of hydrogen-bond acceptors (Lipinski definition) is 5. The van der Waals surface area contributed by atoms with Gasteiger partial charge >= 0.3 is 5.97 Å². The molecular formula is C19H21NO4S. The van der Waals surface area contributed by atoms with Gasteiger partial charge in [0, 0.05) is 4.88 Å². The topological polar surface area (TPSA) is 64.6 Å². The van der Waals surface area contributed by atoms with Crippen LogP contribution in [-0.4, -0.2) is 25.1 Å². The highest BCUT2D eigenvalue weighted by molar-refractivity contribution is 7.14. The predicted molar refractivity (Wildman–Crippen MR) is 97.5 cm³/mol. The Morgan fingerprint density at radius 3 is 2.72 bits per heavy atom. The van der Waals surface area contributed by atoms with E-state index in [9.17, 15) is 9.59 Å². The summed E-state index contributed by atoms with van der Waals surface area (Å²) in [6, 6.07) is 9.01. The van der Waals surface area contributed by atoms with Crippen molar-refractivity contribution >= 4 is 28.9 Å². The van der Waals surface area contributed by atoms with Crippen LogP contribution < -0.4 is 10.1 Å². The lowest BCUT2D eigenvalue weighted by atomic mass is 9.99. The molecule has 1 aliphatic rings. The normalized spacial score (nSPS) is 14.3. The summed E-state index contributed by atoms with van der Waals surface area (Å²) < 4.78 is 10.5. The number of amides is 1. The second-order valence-corrected chi connectivity index (χ2v) is 7.14. The van der Waals surface area contributed by atoms with Crippen LogP contribution in [0, 0.1) is 0 Å². The monoisotopic (exact) mass is 359 g/mol. The number of anilines is 1. The molecule has 25 heavy (non-hydrogen) atoms. The third-order valence-corrected chi connectivity index (χ3v) is 5.43. The molecule has 1 aliphatic carbocycles. The standard InChI is InChI=1S/C19H21NO4S/c1-12(18(21)20-14-8-4-5-9-15(14)23-2)24-19(22)17-11-13-7-3-6-10-16(13)25-17/h4-5,8-9,11-12H,3,6-7,10H2,1-2H3,(H,20,21)/t12-/m1/s1.